The topological polar surface area (TPSA) is 64.1 Å². The highest BCUT2D eigenvalue weighted by Crippen LogP contribution is 2.26. The third-order valence-corrected chi connectivity index (χ3v) is 4.41. The Labute approximate surface area is 161 Å². The predicted molar refractivity (Wildman–Crippen MR) is 102 cm³/mol. The molecule has 0 atom stereocenters. The second-order valence-corrected chi connectivity index (χ2v) is 6.22. The Morgan fingerprint density at radius 2 is 1.88 bits per heavy atom. The number of hydrogen-bond donors (Lipinski definition) is 1. The first kappa shape index (κ1) is 18.2. The number of aromatic nitrogens is 2. The minimum atomic E-state index is -0.108. The van der Waals surface area contributed by atoms with E-state index in [2.05, 4.69) is 15.3 Å². The number of carbonyl (C=O) groups is 1. The number of hydrogen-bond acceptors (Lipinski definition) is 4. The molecule has 0 saturated carbocycles. The molecule has 0 unspecified atom stereocenters. The summed E-state index contributed by atoms with van der Waals surface area (Å²) in [6.07, 6.45) is 5.46. The van der Waals surface area contributed by atoms with E-state index in [1.165, 1.54) is 6.20 Å². The predicted octanol–water partition coefficient (Wildman–Crippen LogP) is 5.15. The van der Waals surface area contributed by atoms with Gasteiger partial charge in [0.2, 0.25) is 11.8 Å². The Balaban J connectivity index is 1.53. The van der Waals surface area contributed by atoms with E-state index in [0.717, 1.165) is 5.56 Å². The number of aryl methyl sites for hydroxylation is 1. The van der Waals surface area contributed by atoms with Gasteiger partial charge in [0, 0.05) is 24.5 Å². The zero-order valence-corrected chi connectivity index (χ0v) is 15.2. The highest BCUT2D eigenvalue weighted by Gasteiger charge is 2.08. The molecule has 1 N–H and O–H groups in total. The normalized spacial score (nSPS) is 10.4. The summed E-state index contributed by atoms with van der Waals surface area (Å²) < 4.78 is 5.55. The maximum absolute atomic E-state index is 12.1. The first-order chi connectivity index (χ1) is 12.6. The lowest BCUT2D eigenvalue weighted by Gasteiger charge is -2.08. The number of benzene rings is 2. The van der Waals surface area contributed by atoms with Crippen LogP contribution in [0.25, 0.3) is 0 Å². The van der Waals surface area contributed by atoms with E-state index in [9.17, 15) is 4.79 Å². The van der Waals surface area contributed by atoms with Gasteiger partial charge in [0.15, 0.2) is 0 Å². The molecule has 0 spiro atoms. The van der Waals surface area contributed by atoms with Crippen molar-refractivity contribution in [1.82, 2.24) is 9.97 Å². The molecule has 1 heterocycles. The van der Waals surface area contributed by atoms with E-state index in [1.54, 1.807) is 42.7 Å². The number of carbonyl (C=O) groups excluding carboxylic acids is 1. The number of ether oxygens (including phenoxy) is 1. The van der Waals surface area contributed by atoms with Crippen LogP contribution in [-0.2, 0) is 11.2 Å². The number of nitrogens with zero attached hydrogens (tertiary/aromatic N) is 2. The maximum atomic E-state index is 12.1. The van der Waals surface area contributed by atoms with Gasteiger partial charge in [0.1, 0.15) is 5.75 Å². The van der Waals surface area contributed by atoms with Crippen LogP contribution in [-0.4, -0.2) is 15.9 Å². The molecule has 0 aliphatic heterocycles. The van der Waals surface area contributed by atoms with Crippen LogP contribution in [0.15, 0.2) is 61.1 Å². The van der Waals surface area contributed by atoms with Crippen molar-refractivity contribution < 1.29 is 9.53 Å². The van der Waals surface area contributed by atoms with Gasteiger partial charge in [-0.05, 0) is 42.3 Å². The highest BCUT2D eigenvalue weighted by atomic mass is 35.5. The van der Waals surface area contributed by atoms with Crippen LogP contribution in [0.5, 0.6) is 11.6 Å². The fourth-order valence-electron chi connectivity index (χ4n) is 2.28. The molecule has 1 aromatic heterocycles. The van der Waals surface area contributed by atoms with Gasteiger partial charge in [-0.25, -0.2) is 4.98 Å². The van der Waals surface area contributed by atoms with E-state index in [1.807, 2.05) is 12.1 Å². The van der Waals surface area contributed by atoms with Crippen LogP contribution in [0.4, 0.5) is 5.69 Å². The summed E-state index contributed by atoms with van der Waals surface area (Å²) in [5, 5.41) is 3.82. The first-order valence-electron chi connectivity index (χ1n) is 7.88. The summed E-state index contributed by atoms with van der Waals surface area (Å²) in [5.41, 5.74) is 1.53. The Hall–Kier alpha value is -2.63. The SMILES string of the molecule is O=C(CCc1cccc(Cl)c1Cl)Nc1ccc(Oc2cnccn2)cc1. The summed E-state index contributed by atoms with van der Waals surface area (Å²) in [6, 6.07) is 12.4. The number of halogens is 2. The molecule has 0 saturated heterocycles. The van der Waals surface area contributed by atoms with E-state index >= 15 is 0 Å². The Morgan fingerprint density at radius 3 is 2.62 bits per heavy atom. The van der Waals surface area contributed by atoms with Crippen LogP contribution in [0, 0.1) is 0 Å². The third kappa shape index (κ3) is 4.94. The van der Waals surface area contributed by atoms with Crippen molar-refractivity contribution in [2.24, 2.45) is 0 Å². The van der Waals surface area contributed by atoms with Gasteiger partial charge in [-0.3, -0.25) is 9.78 Å². The fraction of sp³-hybridized carbons (Fsp3) is 0.105. The van der Waals surface area contributed by atoms with Gasteiger partial charge in [-0.15, -0.1) is 0 Å². The zero-order valence-electron chi connectivity index (χ0n) is 13.7. The minimum absolute atomic E-state index is 0.108. The molecule has 7 heteroatoms. The molecular weight excluding hydrogens is 373 g/mol. The average Bonchev–Trinajstić information content (AvgIpc) is 2.65. The van der Waals surface area contributed by atoms with Crippen LogP contribution in [0.2, 0.25) is 10.0 Å². The largest absolute Gasteiger partial charge is 0.438 e. The van der Waals surface area contributed by atoms with E-state index in [4.69, 9.17) is 27.9 Å². The Morgan fingerprint density at radius 1 is 1.08 bits per heavy atom. The molecule has 0 fully saturated rings. The molecule has 3 aromatic rings. The summed E-state index contributed by atoms with van der Waals surface area (Å²) >= 11 is 12.1. The number of amides is 1. The number of rotatable bonds is 6. The van der Waals surface area contributed by atoms with E-state index in [0.29, 0.717) is 40.2 Å². The number of anilines is 1. The summed E-state index contributed by atoms with van der Waals surface area (Å²) in [7, 11) is 0. The first-order valence-corrected chi connectivity index (χ1v) is 8.64. The molecule has 3 rings (SSSR count). The molecule has 0 radical (unpaired) electrons. The lowest BCUT2D eigenvalue weighted by molar-refractivity contribution is -0.116. The Bertz CT molecular complexity index is 887. The molecule has 1 amide bonds. The second kappa shape index (κ2) is 8.65. The van der Waals surface area contributed by atoms with Crippen LogP contribution < -0.4 is 10.1 Å². The van der Waals surface area contributed by atoms with Crippen molar-refractivity contribution in [2.75, 3.05) is 5.32 Å². The molecule has 0 bridgehead atoms. The smallest absolute Gasteiger partial charge is 0.237 e. The fourth-order valence-corrected chi connectivity index (χ4v) is 2.69. The van der Waals surface area contributed by atoms with Crippen molar-refractivity contribution in [3.05, 3.63) is 76.7 Å². The van der Waals surface area contributed by atoms with Gasteiger partial charge in [0.05, 0.1) is 16.2 Å². The van der Waals surface area contributed by atoms with E-state index in [-0.39, 0.29) is 5.91 Å². The van der Waals surface area contributed by atoms with E-state index < -0.39 is 0 Å². The van der Waals surface area contributed by atoms with Gasteiger partial charge in [-0.1, -0.05) is 35.3 Å². The molecule has 2 aromatic carbocycles. The molecule has 0 aliphatic carbocycles. The second-order valence-electron chi connectivity index (χ2n) is 5.43. The van der Waals surface area contributed by atoms with Gasteiger partial charge < -0.3 is 10.1 Å². The lowest BCUT2D eigenvalue weighted by atomic mass is 10.1. The Kier molecular flexibility index (Phi) is 6.04. The standard InChI is InChI=1S/C19H15Cl2N3O2/c20-16-3-1-2-13(19(16)21)4-9-17(25)24-14-5-7-15(8-6-14)26-18-12-22-10-11-23-18/h1-3,5-8,10-12H,4,9H2,(H,24,25). The average molecular weight is 388 g/mol. The highest BCUT2D eigenvalue weighted by molar-refractivity contribution is 6.42. The summed E-state index contributed by atoms with van der Waals surface area (Å²) in [5.74, 6) is 0.903. The van der Waals surface area contributed by atoms with Crippen molar-refractivity contribution >= 4 is 34.8 Å². The summed E-state index contributed by atoms with van der Waals surface area (Å²) in [6.45, 7) is 0. The van der Waals surface area contributed by atoms with Crippen molar-refractivity contribution in [3.63, 3.8) is 0 Å². The monoisotopic (exact) mass is 387 g/mol. The quantitative estimate of drug-likeness (QED) is 0.635. The van der Waals surface area contributed by atoms with Crippen LogP contribution in [0.3, 0.4) is 0 Å². The lowest BCUT2D eigenvalue weighted by Crippen LogP contribution is -2.12. The third-order valence-electron chi connectivity index (χ3n) is 3.55. The van der Waals surface area contributed by atoms with Gasteiger partial charge in [0.25, 0.3) is 0 Å². The number of nitrogens with one attached hydrogen (secondary N) is 1. The minimum Gasteiger partial charge on any atom is -0.438 e. The maximum Gasteiger partial charge on any atom is 0.237 e. The molecule has 0 aliphatic rings. The van der Waals surface area contributed by atoms with Crippen molar-refractivity contribution in [3.8, 4) is 11.6 Å². The van der Waals surface area contributed by atoms with Crippen molar-refractivity contribution in [2.45, 2.75) is 12.8 Å². The van der Waals surface area contributed by atoms with Crippen LogP contribution >= 0.6 is 23.2 Å². The molecule has 5 nitrogen and oxygen atoms in total. The van der Waals surface area contributed by atoms with Gasteiger partial charge in [-0.2, -0.15) is 0 Å². The van der Waals surface area contributed by atoms with Gasteiger partial charge >= 0.3 is 0 Å². The molecule has 26 heavy (non-hydrogen) atoms. The zero-order chi connectivity index (χ0) is 18.4. The molecule has 132 valence electrons. The van der Waals surface area contributed by atoms with Crippen molar-refractivity contribution in [1.29, 1.82) is 0 Å². The summed E-state index contributed by atoms with van der Waals surface area (Å²) in [4.78, 5) is 20.1. The molecular formula is C19H15Cl2N3O2. The van der Waals surface area contributed by atoms with Crippen LogP contribution in [0.1, 0.15) is 12.0 Å².